The molecular formula is C12H12FN3O. The van der Waals surface area contributed by atoms with Crippen LogP contribution in [-0.4, -0.2) is 15.0 Å². The lowest BCUT2D eigenvalue weighted by Gasteiger charge is -2.06. The van der Waals surface area contributed by atoms with Gasteiger partial charge in [0.25, 0.3) is 5.56 Å². The Morgan fingerprint density at radius 2 is 2.29 bits per heavy atom. The summed E-state index contributed by atoms with van der Waals surface area (Å²) in [6.45, 7) is 1.96. The van der Waals surface area contributed by atoms with Gasteiger partial charge in [0.05, 0.1) is 18.2 Å². The zero-order chi connectivity index (χ0) is 12.3. The molecule has 0 aliphatic heterocycles. The van der Waals surface area contributed by atoms with E-state index in [0.717, 1.165) is 12.6 Å². The minimum atomic E-state index is -0.469. The van der Waals surface area contributed by atoms with Crippen LogP contribution in [0.1, 0.15) is 18.9 Å². The molecule has 2 rings (SSSR count). The van der Waals surface area contributed by atoms with E-state index in [0.29, 0.717) is 23.2 Å². The van der Waals surface area contributed by atoms with E-state index in [4.69, 9.17) is 0 Å². The molecule has 0 atom stereocenters. The van der Waals surface area contributed by atoms with Crippen LogP contribution in [0.25, 0.3) is 11.3 Å². The maximum Gasteiger partial charge on any atom is 0.254 e. The van der Waals surface area contributed by atoms with Crippen molar-refractivity contribution in [1.82, 2.24) is 15.0 Å². The molecule has 0 bridgehead atoms. The van der Waals surface area contributed by atoms with Gasteiger partial charge in [-0.05, 0) is 12.5 Å². The quantitative estimate of drug-likeness (QED) is 0.881. The minimum Gasteiger partial charge on any atom is -0.313 e. The third-order valence-corrected chi connectivity index (χ3v) is 2.48. The second-order valence-electron chi connectivity index (χ2n) is 3.66. The van der Waals surface area contributed by atoms with Gasteiger partial charge in [-0.1, -0.05) is 13.3 Å². The molecule has 0 saturated carbocycles. The minimum absolute atomic E-state index is 0.215. The molecule has 4 nitrogen and oxygen atoms in total. The van der Waals surface area contributed by atoms with Crippen molar-refractivity contribution in [3.05, 3.63) is 46.5 Å². The second kappa shape index (κ2) is 4.86. The predicted molar refractivity (Wildman–Crippen MR) is 62.0 cm³/mol. The normalized spacial score (nSPS) is 10.5. The number of nitrogens with one attached hydrogen (secondary N) is 1. The zero-order valence-electron chi connectivity index (χ0n) is 9.40. The first-order valence-corrected chi connectivity index (χ1v) is 5.40. The fourth-order valence-electron chi connectivity index (χ4n) is 1.71. The molecule has 17 heavy (non-hydrogen) atoms. The van der Waals surface area contributed by atoms with Crippen LogP contribution < -0.4 is 5.56 Å². The molecule has 0 amide bonds. The first kappa shape index (κ1) is 11.4. The van der Waals surface area contributed by atoms with Crippen LogP contribution in [0.15, 0.2) is 29.6 Å². The maximum atomic E-state index is 13.6. The summed E-state index contributed by atoms with van der Waals surface area (Å²) < 4.78 is 13.6. The fraction of sp³-hybridized carbons (Fsp3) is 0.250. The lowest BCUT2D eigenvalue weighted by atomic mass is 10.0. The zero-order valence-corrected chi connectivity index (χ0v) is 9.40. The highest BCUT2D eigenvalue weighted by Crippen LogP contribution is 2.21. The van der Waals surface area contributed by atoms with Gasteiger partial charge in [0, 0.05) is 17.3 Å². The van der Waals surface area contributed by atoms with Gasteiger partial charge in [0.2, 0.25) is 0 Å². The highest BCUT2D eigenvalue weighted by molar-refractivity contribution is 5.62. The smallest absolute Gasteiger partial charge is 0.254 e. The molecule has 0 aromatic carbocycles. The van der Waals surface area contributed by atoms with Crippen LogP contribution >= 0.6 is 0 Å². The summed E-state index contributed by atoms with van der Waals surface area (Å²) in [6, 6.07) is 1.52. The van der Waals surface area contributed by atoms with Crippen molar-refractivity contribution in [3.63, 3.8) is 0 Å². The Bertz CT molecular complexity index is 580. The number of H-pyrrole nitrogens is 1. The first-order chi connectivity index (χ1) is 8.24. The summed E-state index contributed by atoms with van der Waals surface area (Å²) in [5.74, 6) is -0.469. The van der Waals surface area contributed by atoms with Crippen LogP contribution in [0.2, 0.25) is 0 Å². The van der Waals surface area contributed by atoms with Crippen molar-refractivity contribution >= 4 is 0 Å². The summed E-state index contributed by atoms with van der Waals surface area (Å²) in [5, 5.41) is 0. The van der Waals surface area contributed by atoms with Crippen LogP contribution in [-0.2, 0) is 6.42 Å². The third-order valence-electron chi connectivity index (χ3n) is 2.48. The van der Waals surface area contributed by atoms with E-state index in [1.165, 1.54) is 18.6 Å². The lowest BCUT2D eigenvalue weighted by molar-refractivity contribution is 0.624. The van der Waals surface area contributed by atoms with Gasteiger partial charge in [0.1, 0.15) is 0 Å². The van der Waals surface area contributed by atoms with Gasteiger partial charge in [-0.25, -0.2) is 9.37 Å². The van der Waals surface area contributed by atoms with Gasteiger partial charge in [0.15, 0.2) is 5.82 Å². The highest BCUT2D eigenvalue weighted by atomic mass is 19.1. The van der Waals surface area contributed by atoms with E-state index < -0.39 is 5.82 Å². The molecule has 0 saturated heterocycles. The molecule has 0 radical (unpaired) electrons. The largest absolute Gasteiger partial charge is 0.313 e. The Morgan fingerprint density at radius 1 is 1.47 bits per heavy atom. The molecule has 2 heterocycles. The molecule has 1 N–H and O–H groups in total. The average molecular weight is 233 g/mol. The first-order valence-electron chi connectivity index (χ1n) is 5.40. The average Bonchev–Trinajstić information content (AvgIpc) is 2.33. The summed E-state index contributed by atoms with van der Waals surface area (Å²) >= 11 is 0. The number of hydrogen-bond donors (Lipinski definition) is 1. The number of hydrogen-bond acceptors (Lipinski definition) is 3. The Hall–Kier alpha value is -2.04. The molecule has 88 valence electrons. The number of halogens is 1. The van der Waals surface area contributed by atoms with Gasteiger partial charge < -0.3 is 4.98 Å². The molecule has 0 aliphatic carbocycles. The second-order valence-corrected chi connectivity index (χ2v) is 3.66. The number of pyridine rings is 1. The Morgan fingerprint density at radius 3 is 3.00 bits per heavy atom. The topological polar surface area (TPSA) is 58.6 Å². The standard InChI is InChI=1S/C12H12FN3O/c1-2-3-9-11(15-7-16-12(9)17)8-4-5-14-6-10(8)13/h4-7H,2-3H2,1H3,(H,15,16,17). The van der Waals surface area contributed by atoms with Crippen LogP contribution in [0.3, 0.4) is 0 Å². The SMILES string of the molecule is CCCc1c(-c2ccncc2F)nc[nH]c1=O. The lowest BCUT2D eigenvalue weighted by Crippen LogP contribution is -2.15. The van der Waals surface area contributed by atoms with E-state index in [-0.39, 0.29) is 5.56 Å². The van der Waals surface area contributed by atoms with Gasteiger partial charge in [-0.15, -0.1) is 0 Å². The van der Waals surface area contributed by atoms with Gasteiger partial charge in [-0.3, -0.25) is 9.78 Å². The number of nitrogens with zero attached hydrogens (tertiary/aromatic N) is 2. The fourth-order valence-corrected chi connectivity index (χ4v) is 1.71. The van der Waals surface area contributed by atoms with Crippen LogP contribution in [0.4, 0.5) is 4.39 Å². The van der Waals surface area contributed by atoms with Crippen molar-refractivity contribution in [2.75, 3.05) is 0 Å². The van der Waals surface area contributed by atoms with E-state index in [2.05, 4.69) is 15.0 Å². The van der Waals surface area contributed by atoms with E-state index in [9.17, 15) is 9.18 Å². The number of aromatic amines is 1. The molecule has 2 aromatic rings. The van der Waals surface area contributed by atoms with Crippen molar-refractivity contribution in [1.29, 1.82) is 0 Å². The van der Waals surface area contributed by atoms with Crippen molar-refractivity contribution in [3.8, 4) is 11.3 Å². The monoisotopic (exact) mass is 233 g/mol. The molecular weight excluding hydrogens is 221 g/mol. The van der Waals surface area contributed by atoms with E-state index >= 15 is 0 Å². The molecule has 0 aliphatic rings. The predicted octanol–water partition coefficient (Wildman–Crippen LogP) is 1.92. The maximum absolute atomic E-state index is 13.6. The van der Waals surface area contributed by atoms with Crippen molar-refractivity contribution in [2.45, 2.75) is 19.8 Å². The summed E-state index contributed by atoms with van der Waals surface area (Å²) in [4.78, 5) is 21.9. The number of aromatic nitrogens is 3. The van der Waals surface area contributed by atoms with Crippen LogP contribution in [0.5, 0.6) is 0 Å². The highest BCUT2D eigenvalue weighted by Gasteiger charge is 2.13. The Kier molecular flexibility index (Phi) is 3.27. The third kappa shape index (κ3) is 2.22. The molecule has 0 fully saturated rings. The summed E-state index contributed by atoms with van der Waals surface area (Å²) in [6.07, 6.45) is 5.26. The van der Waals surface area contributed by atoms with Crippen LogP contribution in [0, 0.1) is 5.82 Å². The van der Waals surface area contributed by atoms with Crippen molar-refractivity contribution in [2.24, 2.45) is 0 Å². The molecule has 5 heteroatoms. The molecule has 0 spiro atoms. The van der Waals surface area contributed by atoms with E-state index in [1.54, 1.807) is 0 Å². The summed E-state index contributed by atoms with van der Waals surface area (Å²) in [7, 11) is 0. The summed E-state index contributed by atoms with van der Waals surface area (Å²) in [5.41, 5.74) is 1.01. The molecule has 2 aromatic heterocycles. The Balaban J connectivity index is 2.63. The Labute approximate surface area is 97.6 Å². The van der Waals surface area contributed by atoms with E-state index in [1.807, 2.05) is 6.92 Å². The number of rotatable bonds is 3. The van der Waals surface area contributed by atoms with Gasteiger partial charge in [-0.2, -0.15) is 0 Å². The van der Waals surface area contributed by atoms with Crippen molar-refractivity contribution < 1.29 is 4.39 Å². The van der Waals surface area contributed by atoms with Gasteiger partial charge >= 0.3 is 0 Å². The molecule has 0 unspecified atom stereocenters.